The number of rotatable bonds is 5. The van der Waals surface area contributed by atoms with Crippen molar-refractivity contribution in [2.24, 2.45) is 45.8 Å². The van der Waals surface area contributed by atoms with Crippen LogP contribution in [0.5, 0.6) is 0 Å². The molecule has 0 aromatic carbocycles. The lowest BCUT2D eigenvalue weighted by Gasteiger charge is -2.61. The summed E-state index contributed by atoms with van der Waals surface area (Å²) in [7, 11) is 1.78. The highest BCUT2D eigenvalue weighted by molar-refractivity contribution is 5.93. The van der Waals surface area contributed by atoms with E-state index in [-0.39, 0.29) is 52.3 Å². The maximum Gasteiger partial charge on any atom is 0.414 e. The molecule has 3 aliphatic carbocycles. The van der Waals surface area contributed by atoms with Crippen molar-refractivity contribution in [2.45, 2.75) is 91.8 Å². The van der Waals surface area contributed by atoms with Gasteiger partial charge in [0.25, 0.3) is 0 Å². The first-order chi connectivity index (χ1) is 18.0. The molecule has 0 spiro atoms. The fraction of sp³-hybridized carbons (Fsp3) is 0.839. The highest BCUT2D eigenvalue weighted by atomic mass is 16.6. The minimum atomic E-state index is -0.663. The largest absolute Gasteiger partial charge is 0.445 e. The van der Waals surface area contributed by atoms with Crippen LogP contribution in [0.15, 0.2) is 12.2 Å². The fourth-order valence-electron chi connectivity index (χ4n) is 9.66. The molecule has 4 bridgehead atoms. The molecule has 3 unspecified atom stereocenters. The molecule has 1 N–H and O–H groups in total. The number of piperidine rings is 1. The number of carbonyl (C=O) groups excluding carboxylic acids is 3. The van der Waals surface area contributed by atoms with Gasteiger partial charge in [0.05, 0.1) is 12.0 Å². The van der Waals surface area contributed by atoms with E-state index in [1.807, 2.05) is 13.0 Å². The van der Waals surface area contributed by atoms with Crippen molar-refractivity contribution in [1.29, 1.82) is 0 Å². The fourth-order valence-corrected chi connectivity index (χ4v) is 9.66. The Labute approximate surface area is 228 Å². The molecule has 5 aliphatic rings. The minimum Gasteiger partial charge on any atom is -0.445 e. The molecule has 2 heterocycles. The standard InChI is InChI=1S/C31H48N2O5/c1-7-8-12-29(4)16-24(38-28(36)32-27(35)22-18-33-15-11-21(22)17-33)30(5)19(2)9-13-31(20(3)26(29)34)14-10-23(37-6)25(30)31/h7-8,19-25H,9-18H2,1-6H3,(H,32,35,36)/b8-7+/t19-,20+,21-,22+,23-,24-,25?,29-,30+,31?/m1/s1. The Morgan fingerprint density at radius 2 is 1.87 bits per heavy atom. The van der Waals surface area contributed by atoms with Gasteiger partial charge in [-0.05, 0) is 75.7 Å². The summed E-state index contributed by atoms with van der Waals surface area (Å²) in [5, 5.41) is 2.61. The lowest BCUT2D eigenvalue weighted by atomic mass is 9.43. The number of ether oxygens (including phenoxy) is 2. The smallest absolute Gasteiger partial charge is 0.414 e. The van der Waals surface area contributed by atoms with Gasteiger partial charge in [-0.1, -0.05) is 39.8 Å². The van der Waals surface area contributed by atoms with Crippen LogP contribution >= 0.6 is 0 Å². The summed E-state index contributed by atoms with van der Waals surface area (Å²) in [4.78, 5) is 43.1. The zero-order valence-corrected chi connectivity index (χ0v) is 24.3. The third-order valence-corrected chi connectivity index (χ3v) is 12.1. The number of ketones is 1. The predicted octanol–water partition coefficient (Wildman–Crippen LogP) is 4.99. The monoisotopic (exact) mass is 528 g/mol. The average molecular weight is 529 g/mol. The summed E-state index contributed by atoms with van der Waals surface area (Å²) in [6.07, 6.45) is 8.88. The number of hydrogen-bond donors (Lipinski definition) is 1. The Morgan fingerprint density at radius 3 is 2.50 bits per heavy atom. The second kappa shape index (κ2) is 10.0. The lowest BCUT2D eigenvalue weighted by molar-refractivity contribution is -0.191. The molecule has 0 aromatic heterocycles. The quantitative estimate of drug-likeness (QED) is 0.506. The summed E-state index contributed by atoms with van der Waals surface area (Å²) >= 11 is 0. The first-order valence-electron chi connectivity index (χ1n) is 14.9. The number of carbonyl (C=O) groups is 3. The summed E-state index contributed by atoms with van der Waals surface area (Å²) in [6.45, 7) is 13.4. The molecule has 5 fully saturated rings. The van der Waals surface area contributed by atoms with Gasteiger partial charge in [-0.2, -0.15) is 0 Å². The lowest BCUT2D eigenvalue weighted by Crippen LogP contribution is -2.63. The number of amides is 2. The second-order valence-electron chi connectivity index (χ2n) is 13.8. The number of allylic oxidation sites excluding steroid dienone is 2. The van der Waals surface area contributed by atoms with Gasteiger partial charge in [0.2, 0.25) is 5.91 Å². The van der Waals surface area contributed by atoms with Crippen molar-refractivity contribution in [3.63, 3.8) is 0 Å². The van der Waals surface area contributed by atoms with E-state index in [1.54, 1.807) is 7.11 Å². The van der Waals surface area contributed by atoms with Crippen molar-refractivity contribution in [3.8, 4) is 0 Å². The van der Waals surface area contributed by atoms with E-state index < -0.39 is 17.6 Å². The van der Waals surface area contributed by atoms with Gasteiger partial charge in [-0.15, -0.1) is 0 Å². The molecule has 212 valence electrons. The highest BCUT2D eigenvalue weighted by Crippen LogP contribution is 2.68. The van der Waals surface area contributed by atoms with Gasteiger partial charge in [-0.3, -0.25) is 14.9 Å². The van der Waals surface area contributed by atoms with E-state index in [0.717, 1.165) is 51.7 Å². The third kappa shape index (κ3) is 4.18. The molecule has 7 heteroatoms. The molecule has 5 rings (SSSR count). The van der Waals surface area contributed by atoms with Crippen LogP contribution in [0.2, 0.25) is 0 Å². The predicted molar refractivity (Wildman–Crippen MR) is 145 cm³/mol. The molecule has 7 nitrogen and oxygen atoms in total. The molecule has 2 saturated heterocycles. The van der Waals surface area contributed by atoms with Crippen LogP contribution in [-0.2, 0) is 19.1 Å². The van der Waals surface area contributed by atoms with Crippen molar-refractivity contribution >= 4 is 17.8 Å². The molecule has 3 saturated carbocycles. The maximum atomic E-state index is 14.3. The van der Waals surface area contributed by atoms with Crippen molar-refractivity contribution < 1.29 is 23.9 Å². The van der Waals surface area contributed by atoms with E-state index in [0.29, 0.717) is 18.8 Å². The number of imide groups is 1. The van der Waals surface area contributed by atoms with E-state index in [9.17, 15) is 14.4 Å². The van der Waals surface area contributed by atoms with Crippen LogP contribution in [0.25, 0.3) is 0 Å². The third-order valence-electron chi connectivity index (χ3n) is 12.1. The molecular formula is C31H48N2O5. The molecule has 2 aliphatic heterocycles. The average Bonchev–Trinajstić information content (AvgIpc) is 3.63. The molecule has 11 atom stereocenters. The number of fused-ring (bicyclic) bond motifs is 2. The Morgan fingerprint density at radius 1 is 1.13 bits per heavy atom. The van der Waals surface area contributed by atoms with Crippen molar-refractivity contribution in [1.82, 2.24) is 10.2 Å². The Kier molecular flexibility index (Phi) is 7.34. The SMILES string of the molecule is C/C=C/C[C@]1(C)C[C@@H](OC(=O)NC(=O)[C@H]2CN3CC[C@@H]2C3)[C@@]2(C)C3[C@H](OC)CCC3(CC[C@H]2C)[C@@H](C)C1=O. The van der Waals surface area contributed by atoms with Crippen LogP contribution in [-0.4, -0.2) is 61.6 Å². The number of Topliss-reactive ketones (excluding diaryl/α,β-unsaturated/α-hetero) is 1. The topological polar surface area (TPSA) is 84.9 Å². The summed E-state index contributed by atoms with van der Waals surface area (Å²) in [6, 6.07) is 0. The normalized spacial score (nSPS) is 48.0. The van der Waals surface area contributed by atoms with Crippen molar-refractivity contribution in [2.75, 3.05) is 26.7 Å². The van der Waals surface area contributed by atoms with Gasteiger partial charge < -0.3 is 14.4 Å². The zero-order valence-electron chi connectivity index (χ0n) is 24.3. The Bertz CT molecular complexity index is 997. The molecule has 0 aromatic rings. The number of nitrogens with one attached hydrogen (secondary N) is 1. The summed E-state index contributed by atoms with van der Waals surface area (Å²) in [5.74, 6) is 0.538. The summed E-state index contributed by atoms with van der Waals surface area (Å²) in [5.41, 5.74) is -1.19. The molecule has 0 radical (unpaired) electrons. The maximum absolute atomic E-state index is 14.3. The number of alkyl carbamates (subject to hydrolysis) is 1. The van der Waals surface area contributed by atoms with E-state index in [1.165, 1.54) is 0 Å². The molecule has 2 amide bonds. The van der Waals surface area contributed by atoms with E-state index >= 15 is 0 Å². The Balaban J connectivity index is 1.49. The first kappa shape index (κ1) is 27.8. The molecular weight excluding hydrogens is 480 g/mol. The van der Waals surface area contributed by atoms with E-state index in [4.69, 9.17) is 9.47 Å². The van der Waals surface area contributed by atoms with Gasteiger partial charge in [-0.25, -0.2) is 4.79 Å². The highest BCUT2D eigenvalue weighted by Gasteiger charge is 2.68. The van der Waals surface area contributed by atoms with Crippen LogP contribution in [0.3, 0.4) is 0 Å². The summed E-state index contributed by atoms with van der Waals surface area (Å²) < 4.78 is 12.4. The van der Waals surface area contributed by atoms with Crippen LogP contribution in [0.4, 0.5) is 4.79 Å². The Hall–Kier alpha value is -1.73. The van der Waals surface area contributed by atoms with E-state index in [2.05, 4.69) is 44.0 Å². The number of hydrogen-bond acceptors (Lipinski definition) is 6. The van der Waals surface area contributed by atoms with Crippen LogP contribution < -0.4 is 5.32 Å². The van der Waals surface area contributed by atoms with Crippen LogP contribution in [0, 0.1) is 45.8 Å². The number of methoxy groups -OCH3 is 1. The first-order valence-corrected chi connectivity index (χ1v) is 14.9. The van der Waals surface area contributed by atoms with Gasteiger partial charge in [0.1, 0.15) is 11.9 Å². The minimum absolute atomic E-state index is 0.0248. The number of nitrogens with zero attached hydrogens (tertiary/aromatic N) is 1. The van der Waals surface area contributed by atoms with Gasteiger partial charge in [0, 0.05) is 42.9 Å². The molecule has 38 heavy (non-hydrogen) atoms. The van der Waals surface area contributed by atoms with Crippen LogP contribution in [0.1, 0.15) is 79.6 Å². The van der Waals surface area contributed by atoms with Crippen molar-refractivity contribution in [3.05, 3.63) is 12.2 Å². The second-order valence-corrected chi connectivity index (χ2v) is 13.8. The van der Waals surface area contributed by atoms with Gasteiger partial charge >= 0.3 is 6.09 Å². The van der Waals surface area contributed by atoms with Gasteiger partial charge in [0.15, 0.2) is 0 Å². The zero-order chi connectivity index (χ0) is 27.5.